The van der Waals surface area contributed by atoms with Gasteiger partial charge in [-0.2, -0.15) is 0 Å². The second-order valence-corrected chi connectivity index (χ2v) is 6.24. The molecule has 0 aliphatic carbocycles. The third-order valence-corrected chi connectivity index (χ3v) is 4.18. The molecule has 144 valence electrons. The molecule has 0 atom stereocenters. The Balaban J connectivity index is 1.61. The highest BCUT2D eigenvalue weighted by Crippen LogP contribution is 2.29. The number of halogens is 1. The van der Waals surface area contributed by atoms with Crippen LogP contribution in [-0.2, 0) is 6.54 Å². The number of anilines is 2. The maximum absolute atomic E-state index is 12.4. The van der Waals surface area contributed by atoms with E-state index in [0.29, 0.717) is 34.6 Å². The molecule has 3 aromatic rings. The molecule has 28 heavy (non-hydrogen) atoms. The molecule has 0 saturated carbocycles. The van der Waals surface area contributed by atoms with Crippen molar-refractivity contribution < 1.29 is 14.3 Å². The van der Waals surface area contributed by atoms with Crippen LogP contribution in [0.2, 0.25) is 5.02 Å². The van der Waals surface area contributed by atoms with Gasteiger partial charge in [0.1, 0.15) is 5.82 Å². The minimum Gasteiger partial charge on any atom is -0.493 e. The first kappa shape index (κ1) is 19.4. The summed E-state index contributed by atoms with van der Waals surface area (Å²) in [6.45, 7) is 0.572. The average molecular weight is 399 g/mol. The van der Waals surface area contributed by atoms with Crippen molar-refractivity contribution in [1.29, 1.82) is 0 Å². The van der Waals surface area contributed by atoms with Crippen molar-refractivity contribution in [2.45, 2.75) is 6.54 Å². The summed E-state index contributed by atoms with van der Waals surface area (Å²) in [4.78, 5) is 12.4. The Hall–Kier alpha value is -3.32. The Morgan fingerprint density at radius 2 is 1.71 bits per heavy atom. The average Bonchev–Trinajstić information content (AvgIpc) is 2.73. The first-order valence-corrected chi connectivity index (χ1v) is 8.82. The summed E-state index contributed by atoms with van der Waals surface area (Å²) in [6, 6.07) is 15.9. The van der Waals surface area contributed by atoms with Gasteiger partial charge >= 0.3 is 0 Å². The normalized spacial score (nSPS) is 10.2. The zero-order valence-corrected chi connectivity index (χ0v) is 16.2. The van der Waals surface area contributed by atoms with Crippen molar-refractivity contribution in [1.82, 2.24) is 10.2 Å². The number of hydrogen-bond donors (Lipinski definition) is 2. The molecule has 1 aromatic heterocycles. The van der Waals surface area contributed by atoms with Crippen LogP contribution in [0.4, 0.5) is 11.5 Å². The zero-order valence-electron chi connectivity index (χ0n) is 15.4. The van der Waals surface area contributed by atoms with E-state index in [1.165, 1.54) is 7.11 Å². The van der Waals surface area contributed by atoms with Crippen LogP contribution in [0.1, 0.15) is 16.1 Å². The van der Waals surface area contributed by atoms with E-state index in [1.54, 1.807) is 37.4 Å². The van der Waals surface area contributed by atoms with E-state index in [2.05, 4.69) is 20.8 Å². The largest absolute Gasteiger partial charge is 0.493 e. The number of carbonyl (C=O) groups is 1. The topological polar surface area (TPSA) is 85.4 Å². The fourth-order valence-electron chi connectivity index (χ4n) is 2.45. The summed E-state index contributed by atoms with van der Waals surface area (Å²) in [5.41, 5.74) is 1.82. The summed E-state index contributed by atoms with van der Waals surface area (Å²) in [7, 11) is 3.08. The number of methoxy groups -OCH3 is 2. The van der Waals surface area contributed by atoms with Gasteiger partial charge in [0.2, 0.25) is 0 Å². The minimum atomic E-state index is -0.371. The van der Waals surface area contributed by atoms with Crippen LogP contribution in [0.25, 0.3) is 0 Å². The van der Waals surface area contributed by atoms with Crippen LogP contribution in [0.5, 0.6) is 11.5 Å². The van der Waals surface area contributed by atoms with Gasteiger partial charge in [0, 0.05) is 23.3 Å². The van der Waals surface area contributed by atoms with Gasteiger partial charge in [0.15, 0.2) is 17.2 Å². The predicted octanol–water partition coefficient (Wildman–Crippen LogP) is 4.01. The van der Waals surface area contributed by atoms with E-state index in [-0.39, 0.29) is 11.6 Å². The summed E-state index contributed by atoms with van der Waals surface area (Å²) >= 11 is 5.87. The van der Waals surface area contributed by atoms with Gasteiger partial charge in [-0.15, -0.1) is 10.2 Å². The molecule has 0 radical (unpaired) electrons. The fraction of sp³-hybridized carbons (Fsp3) is 0.150. The maximum atomic E-state index is 12.4. The highest BCUT2D eigenvalue weighted by atomic mass is 35.5. The molecule has 1 amide bonds. The molecule has 0 fully saturated rings. The van der Waals surface area contributed by atoms with Gasteiger partial charge in [-0.3, -0.25) is 4.79 Å². The second-order valence-electron chi connectivity index (χ2n) is 5.81. The third-order valence-electron chi connectivity index (χ3n) is 3.93. The van der Waals surface area contributed by atoms with Crippen molar-refractivity contribution in [3.05, 3.63) is 70.9 Å². The van der Waals surface area contributed by atoms with E-state index in [1.807, 2.05) is 24.3 Å². The number of aromatic nitrogens is 2. The van der Waals surface area contributed by atoms with Crippen LogP contribution >= 0.6 is 11.6 Å². The Morgan fingerprint density at radius 1 is 0.964 bits per heavy atom. The maximum Gasteiger partial charge on any atom is 0.276 e. The van der Waals surface area contributed by atoms with Crippen LogP contribution in [-0.4, -0.2) is 30.3 Å². The number of nitrogens with one attached hydrogen (secondary N) is 2. The number of carbonyl (C=O) groups excluding carboxylic acids is 1. The van der Waals surface area contributed by atoms with Crippen LogP contribution in [0.3, 0.4) is 0 Å². The predicted molar refractivity (Wildman–Crippen MR) is 108 cm³/mol. The number of hydrogen-bond acceptors (Lipinski definition) is 6. The first-order valence-electron chi connectivity index (χ1n) is 8.44. The Labute approximate surface area is 167 Å². The van der Waals surface area contributed by atoms with Crippen molar-refractivity contribution in [2.75, 3.05) is 24.9 Å². The van der Waals surface area contributed by atoms with E-state index in [4.69, 9.17) is 21.1 Å². The summed E-state index contributed by atoms with van der Waals surface area (Å²) in [6.07, 6.45) is 0. The SMILES string of the molecule is COc1ccc(NC(=O)c2ccc(NCc3ccc(Cl)cc3)nn2)cc1OC. The van der Waals surface area contributed by atoms with Gasteiger partial charge in [-0.25, -0.2) is 0 Å². The molecule has 0 spiro atoms. The number of rotatable bonds is 7. The molecule has 0 aliphatic rings. The molecule has 7 nitrogen and oxygen atoms in total. The van der Waals surface area contributed by atoms with Gasteiger partial charge in [-0.05, 0) is 42.0 Å². The van der Waals surface area contributed by atoms with E-state index in [0.717, 1.165) is 5.56 Å². The Bertz CT molecular complexity index is 947. The highest BCUT2D eigenvalue weighted by Gasteiger charge is 2.11. The molecule has 2 aromatic carbocycles. The van der Waals surface area contributed by atoms with Gasteiger partial charge in [0.05, 0.1) is 14.2 Å². The van der Waals surface area contributed by atoms with Crippen molar-refractivity contribution >= 4 is 29.0 Å². The standard InChI is InChI=1S/C20H19ClN4O3/c1-27-17-9-7-15(11-18(17)28-2)23-20(26)16-8-10-19(25-24-16)22-12-13-3-5-14(21)6-4-13/h3-11H,12H2,1-2H3,(H,22,25)(H,23,26). The van der Waals surface area contributed by atoms with Crippen LogP contribution < -0.4 is 20.1 Å². The monoisotopic (exact) mass is 398 g/mol. The molecule has 0 saturated heterocycles. The third kappa shape index (κ3) is 4.89. The Morgan fingerprint density at radius 3 is 2.36 bits per heavy atom. The number of ether oxygens (including phenoxy) is 2. The summed E-state index contributed by atoms with van der Waals surface area (Å²) in [5.74, 6) is 1.30. The van der Waals surface area contributed by atoms with E-state index < -0.39 is 0 Å². The van der Waals surface area contributed by atoms with Crippen molar-refractivity contribution in [3.63, 3.8) is 0 Å². The number of benzene rings is 2. The quantitative estimate of drug-likeness (QED) is 0.625. The minimum absolute atomic E-state index is 0.201. The molecular weight excluding hydrogens is 380 g/mol. The molecule has 3 rings (SSSR count). The summed E-state index contributed by atoms with van der Waals surface area (Å²) in [5, 5.41) is 14.6. The lowest BCUT2D eigenvalue weighted by Gasteiger charge is -2.10. The van der Waals surface area contributed by atoms with Crippen molar-refractivity contribution in [3.8, 4) is 11.5 Å². The molecular formula is C20H19ClN4O3. The zero-order chi connectivity index (χ0) is 19.9. The number of amides is 1. The summed E-state index contributed by atoms with van der Waals surface area (Å²) < 4.78 is 10.4. The molecule has 0 bridgehead atoms. The lowest BCUT2D eigenvalue weighted by molar-refractivity contribution is 0.102. The van der Waals surface area contributed by atoms with Crippen LogP contribution in [0, 0.1) is 0 Å². The van der Waals surface area contributed by atoms with Crippen molar-refractivity contribution in [2.24, 2.45) is 0 Å². The van der Waals surface area contributed by atoms with E-state index in [9.17, 15) is 4.79 Å². The van der Waals surface area contributed by atoms with Gasteiger partial charge in [0.25, 0.3) is 5.91 Å². The first-order chi connectivity index (χ1) is 13.6. The smallest absolute Gasteiger partial charge is 0.276 e. The van der Waals surface area contributed by atoms with E-state index >= 15 is 0 Å². The number of nitrogens with zero attached hydrogens (tertiary/aromatic N) is 2. The molecule has 2 N–H and O–H groups in total. The Kier molecular flexibility index (Phi) is 6.29. The second kappa shape index (κ2) is 9.05. The lowest BCUT2D eigenvalue weighted by atomic mass is 10.2. The van der Waals surface area contributed by atoms with Crippen LogP contribution in [0.15, 0.2) is 54.6 Å². The highest BCUT2D eigenvalue weighted by molar-refractivity contribution is 6.30. The fourth-order valence-corrected chi connectivity index (χ4v) is 2.58. The van der Waals surface area contributed by atoms with Gasteiger partial charge < -0.3 is 20.1 Å². The molecule has 0 aliphatic heterocycles. The lowest BCUT2D eigenvalue weighted by Crippen LogP contribution is -2.15. The molecule has 1 heterocycles. The molecule has 8 heteroatoms. The van der Waals surface area contributed by atoms with Gasteiger partial charge in [-0.1, -0.05) is 23.7 Å². The molecule has 0 unspecified atom stereocenters.